The van der Waals surface area contributed by atoms with E-state index in [0.29, 0.717) is 31.1 Å². The molecule has 0 bridgehead atoms. The lowest BCUT2D eigenvalue weighted by Gasteiger charge is -2.37. The van der Waals surface area contributed by atoms with E-state index in [2.05, 4.69) is 34.0 Å². The van der Waals surface area contributed by atoms with E-state index in [1.54, 1.807) is 7.11 Å². The van der Waals surface area contributed by atoms with Gasteiger partial charge in [0, 0.05) is 37.6 Å². The van der Waals surface area contributed by atoms with Crippen molar-refractivity contribution in [1.82, 2.24) is 9.88 Å². The Labute approximate surface area is 172 Å². The summed E-state index contributed by atoms with van der Waals surface area (Å²) in [5.41, 5.74) is 2.58. The van der Waals surface area contributed by atoms with Crippen LogP contribution in [0, 0.1) is 0 Å². The average molecular weight is 415 g/mol. The summed E-state index contributed by atoms with van der Waals surface area (Å²) in [6.07, 6.45) is 6.67. The molecule has 0 amide bonds. The van der Waals surface area contributed by atoms with Crippen molar-refractivity contribution < 1.29 is 13.2 Å². The Kier molecular flexibility index (Phi) is 5.47. The molecule has 2 aliphatic rings. The number of ether oxygens (including phenoxy) is 1. The first-order valence-corrected chi connectivity index (χ1v) is 11.4. The maximum Gasteiger partial charge on any atom is 0.235 e. The number of pyridine rings is 1. The maximum atomic E-state index is 12.3. The normalized spacial score (nSPS) is 21.5. The lowest BCUT2D eigenvalue weighted by atomic mass is 10.2. The molecule has 1 saturated heterocycles. The van der Waals surface area contributed by atoms with Crippen molar-refractivity contribution in [3.8, 4) is 5.75 Å². The summed E-state index contributed by atoms with van der Waals surface area (Å²) >= 11 is 0. The molecule has 1 aromatic heterocycles. The van der Waals surface area contributed by atoms with Gasteiger partial charge in [-0.1, -0.05) is 12.1 Å². The zero-order valence-electron chi connectivity index (χ0n) is 16.7. The highest BCUT2D eigenvalue weighted by atomic mass is 32.2. The number of hydrogen-bond acceptors (Lipinski definition) is 6. The van der Waals surface area contributed by atoms with E-state index < -0.39 is 10.0 Å². The molecule has 8 heteroatoms. The summed E-state index contributed by atoms with van der Waals surface area (Å²) in [5.74, 6) is 0.855. The predicted molar refractivity (Wildman–Crippen MR) is 114 cm³/mol. The van der Waals surface area contributed by atoms with Gasteiger partial charge in [-0.25, -0.2) is 8.42 Å². The van der Waals surface area contributed by atoms with Gasteiger partial charge in [0.2, 0.25) is 10.0 Å². The van der Waals surface area contributed by atoms with Crippen molar-refractivity contribution in [2.45, 2.75) is 25.9 Å². The molecule has 1 atom stereocenters. The van der Waals surface area contributed by atoms with Crippen LogP contribution in [-0.2, 0) is 16.6 Å². The van der Waals surface area contributed by atoms with Crippen LogP contribution in [0.25, 0.3) is 0 Å². The Morgan fingerprint density at radius 3 is 2.79 bits per heavy atom. The summed E-state index contributed by atoms with van der Waals surface area (Å²) < 4.78 is 31.6. The van der Waals surface area contributed by atoms with E-state index >= 15 is 0 Å². The van der Waals surface area contributed by atoms with Gasteiger partial charge >= 0.3 is 0 Å². The lowest BCUT2D eigenvalue weighted by Crippen LogP contribution is -2.43. The largest absolute Gasteiger partial charge is 0.494 e. The van der Waals surface area contributed by atoms with Crippen LogP contribution in [-0.4, -0.2) is 50.4 Å². The highest BCUT2D eigenvalue weighted by Crippen LogP contribution is 2.36. The molecular weight excluding hydrogens is 388 g/mol. The summed E-state index contributed by atoms with van der Waals surface area (Å²) in [6, 6.07) is 11.8. The molecule has 1 fully saturated rings. The van der Waals surface area contributed by atoms with Gasteiger partial charge in [-0.05, 0) is 37.6 Å². The molecule has 154 valence electrons. The van der Waals surface area contributed by atoms with Crippen molar-refractivity contribution >= 4 is 21.4 Å². The third kappa shape index (κ3) is 4.09. The Morgan fingerprint density at radius 1 is 1.24 bits per heavy atom. The summed E-state index contributed by atoms with van der Waals surface area (Å²) in [4.78, 5) is 8.87. The SMILES string of the molecule is COc1cc(N2CCCS2(=O)=O)ccc1N1C=CC(C)N(Cc2ccccn2)C1. The fraction of sp³-hybridized carbons (Fsp3) is 0.381. The number of rotatable bonds is 5. The van der Waals surface area contributed by atoms with E-state index in [1.165, 1.54) is 4.31 Å². The second-order valence-corrected chi connectivity index (χ2v) is 9.37. The molecule has 0 saturated carbocycles. The minimum absolute atomic E-state index is 0.201. The Balaban J connectivity index is 1.58. The lowest BCUT2D eigenvalue weighted by molar-refractivity contribution is 0.224. The maximum absolute atomic E-state index is 12.3. The van der Waals surface area contributed by atoms with Crippen molar-refractivity contribution in [2.24, 2.45) is 0 Å². The molecule has 2 aliphatic heterocycles. The van der Waals surface area contributed by atoms with Gasteiger partial charge in [-0.2, -0.15) is 0 Å². The molecule has 2 aromatic rings. The highest BCUT2D eigenvalue weighted by molar-refractivity contribution is 7.93. The van der Waals surface area contributed by atoms with E-state index in [0.717, 1.165) is 17.9 Å². The van der Waals surface area contributed by atoms with E-state index in [4.69, 9.17) is 4.74 Å². The standard InChI is InChI=1S/C21H26N4O3S/c1-17-9-12-23(16-24(17)15-18-6-3-4-10-22-18)20-8-7-19(14-21(20)28-2)25-11-5-13-29(25,26)27/h3-4,6-10,12,14,17H,5,11,13,15-16H2,1-2H3. The Hall–Kier alpha value is -2.58. The second-order valence-electron chi connectivity index (χ2n) is 7.36. The molecule has 0 N–H and O–H groups in total. The Morgan fingerprint density at radius 2 is 2.10 bits per heavy atom. The number of benzene rings is 1. The van der Waals surface area contributed by atoms with Gasteiger partial charge < -0.3 is 9.64 Å². The topological polar surface area (TPSA) is 66.0 Å². The van der Waals surface area contributed by atoms with Crippen LogP contribution in [0.3, 0.4) is 0 Å². The van der Waals surface area contributed by atoms with Crippen molar-refractivity contribution in [3.63, 3.8) is 0 Å². The van der Waals surface area contributed by atoms with Crippen LogP contribution in [0.2, 0.25) is 0 Å². The van der Waals surface area contributed by atoms with Gasteiger partial charge in [-0.15, -0.1) is 0 Å². The molecule has 1 unspecified atom stereocenters. The average Bonchev–Trinajstić information content (AvgIpc) is 3.09. The first-order chi connectivity index (χ1) is 14.0. The van der Waals surface area contributed by atoms with Gasteiger partial charge in [0.1, 0.15) is 5.75 Å². The first-order valence-electron chi connectivity index (χ1n) is 9.75. The fourth-order valence-corrected chi connectivity index (χ4v) is 5.32. The number of nitrogens with zero attached hydrogens (tertiary/aromatic N) is 4. The summed E-state index contributed by atoms with van der Waals surface area (Å²) in [7, 11) is -1.60. The minimum Gasteiger partial charge on any atom is -0.494 e. The van der Waals surface area contributed by atoms with Gasteiger partial charge in [0.05, 0.1) is 36.6 Å². The third-order valence-corrected chi connectivity index (χ3v) is 7.28. The molecule has 0 radical (unpaired) electrons. The zero-order chi connectivity index (χ0) is 20.4. The van der Waals surface area contributed by atoms with Crippen LogP contribution in [0.15, 0.2) is 54.9 Å². The Bertz CT molecular complexity index is 994. The fourth-order valence-electron chi connectivity index (χ4n) is 3.76. The van der Waals surface area contributed by atoms with Crippen LogP contribution in [0.1, 0.15) is 19.0 Å². The zero-order valence-corrected chi connectivity index (χ0v) is 17.5. The molecular formula is C21H26N4O3S. The minimum atomic E-state index is -3.22. The summed E-state index contributed by atoms with van der Waals surface area (Å²) in [5, 5.41) is 0. The van der Waals surface area contributed by atoms with E-state index in [1.807, 2.05) is 42.6 Å². The summed E-state index contributed by atoms with van der Waals surface area (Å²) in [6.45, 7) is 4.11. The van der Waals surface area contributed by atoms with Gasteiger partial charge in [0.25, 0.3) is 0 Å². The van der Waals surface area contributed by atoms with Crippen molar-refractivity contribution in [1.29, 1.82) is 0 Å². The molecule has 7 nitrogen and oxygen atoms in total. The molecule has 0 aliphatic carbocycles. The van der Waals surface area contributed by atoms with E-state index in [9.17, 15) is 8.42 Å². The second kappa shape index (κ2) is 8.04. The third-order valence-electron chi connectivity index (χ3n) is 5.41. The van der Waals surface area contributed by atoms with Gasteiger partial charge in [0.15, 0.2) is 0 Å². The van der Waals surface area contributed by atoms with Crippen LogP contribution in [0.4, 0.5) is 11.4 Å². The number of sulfonamides is 1. The number of anilines is 2. The van der Waals surface area contributed by atoms with Gasteiger partial charge in [-0.3, -0.25) is 14.2 Å². The molecule has 1 aromatic carbocycles. The molecule has 4 rings (SSSR count). The van der Waals surface area contributed by atoms with Crippen molar-refractivity contribution in [2.75, 3.05) is 35.3 Å². The van der Waals surface area contributed by atoms with Crippen LogP contribution in [0.5, 0.6) is 5.75 Å². The molecule has 3 heterocycles. The quantitative estimate of drug-likeness (QED) is 0.750. The first kappa shape index (κ1) is 19.7. The molecule has 29 heavy (non-hydrogen) atoms. The smallest absolute Gasteiger partial charge is 0.235 e. The molecule has 0 spiro atoms. The predicted octanol–water partition coefficient (Wildman–Crippen LogP) is 2.81. The van der Waals surface area contributed by atoms with Crippen LogP contribution >= 0.6 is 0 Å². The monoisotopic (exact) mass is 414 g/mol. The van der Waals surface area contributed by atoms with E-state index in [-0.39, 0.29) is 11.8 Å². The van der Waals surface area contributed by atoms with Crippen molar-refractivity contribution in [3.05, 3.63) is 60.6 Å². The highest BCUT2D eigenvalue weighted by Gasteiger charge is 2.29. The number of hydrogen-bond donors (Lipinski definition) is 0. The number of aromatic nitrogens is 1. The number of methoxy groups -OCH3 is 1. The van der Waals surface area contributed by atoms with Crippen LogP contribution < -0.4 is 13.9 Å².